The molecule has 0 aromatic heterocycles. The Morgan fingerprint density at radius 1 is 0.947 bits per heavy atom. The first-order valence-electron chi connectivity index (χ1n) is 13.2. The monoisotopic (exact) mass is 552 g/mol. The van der Waals surface area contributed by atoms with Crippen molar-refractivity contribution in [1.82, 2.24) is 10.2 Å². The van der Waals surface area contributed by atoms with Gasteiger partial charge in [0, 0.05) is 46.7 Å². The van der Waals surface area contributed by atoms with Gasteiger partial charge < -0.3 is 10.2 Å². The Morgan fingerprint density at radius 2 is 1.63 bits per heavy atom. The second-order valence-corrected chi connectivity index (χ2v) is 11.3. The number of thioether (sulfide) groups is 1. The molecule has 38 heavy (non-hydrogen) atoms. The van der Waals surface area contributed by atoms with E-state index in [9.17, 15) is 14.0 Å². The molecule has 0 spiro atoms. The standard InChI is InChI=1S/C31H34ClFN2O2S/c32-25-15-17-27(18-16-25)38-20-19-30(36)35(22-24-11-7-8-14-28(24)33)29(21-23-9-3-1-4-10-23)31(37)34-26-12-5-2-6-13-26/h1,3-4,7-11,14-18,26,29H,2,5-6,12-13,19-22H2,(H,34,37). The molecule has 1 unspecified atom stereocenters. The van der Waals surface area contributed by atoms with E-state index in [0.717, 1.165) is 36.1 Å². The van der Waals surface area contributed by atoms with Gasteiger partial charge in [-0.05, 0) is 48.7 Å². The van der Waals surface area contributed by atoms with E-state index in [4.69, 9.17) is 11.6 Å². The fourth-order valence-corrected chi connectivity index (χ4v) is 5.81. The second kappa shape index (κ2) is 14.4. The van der Waals surface area contributed by atoms with Gasteiger partial charge >= 0.3 is 0 Å². The number of nitrogens with one attached hydrogen (secondary N) is 1. The topological polar surface area (TPSA) is 49.4 Å². The van der Waals surface area contributed by atoms with Crippen LogP contribution in [-0.2, 0) is 22.6 Å². The Bertz CT molecular complexity index is 1190. The molecule has 1 fully saturated rings. The lowest BCUT2D eigenvalue weighted by Gasteiger charge is -2.33. The van der Waals surface area contributed by atoms with E-state index < -0.39 is 6.04 Å². The minimum Gasteiger partial charge on any atom is -0.352 e. The maximum absolute atomic E-state index is 14.7. The summed E-state index contributed by atoms with van der Waals surface area (Å²) in [5.74, 6) is -0.187. The van der Waals surface area contributed by atoms with E-state index in [1.807, 2.05) is 54.6 Å². The third-order valence-electron chi connectivity index (χ3n) is 6.92. The Labute approximate surface area is 234 Å². The van der Waals surface area contributed by atoms with Crippen molar-refractivity contribution >= 4 is 35.2 Å². The fraction of sp³-hybridized carbons (Fsp3) is 0.355. The van der Waals surface area contributed by atoms with E-state index in [1.165, 1.54) is 12.5 Å². The molecule has 3 aromatic carbocycles. The number of rotatable bonds is 11. The summed E-state index contributed by atoms with van der Waals surface area (Å²) in [6, 6.07) is 23.0. The van der Waals surface area contributed by atoms with Gasteiger partial charge in [0.05, 0.1) is 0 Å². The van der Waals surface area contributed by atoms with Gasteiger partial charge in [0.2, 0.25) is 11.8 Å². The zero-order valence-electron chi connectivity index (χ0n) is 21.5. The van der Waals surface area contributed by atoms with Crippen molar-refractivity contribution in [3.05, 3.63) is 101 Å². The molecule has 1 aliphatic rings. The number of hydrogen-bond donors (Lipinski definition) is 1. The summed E-state index contributed by atoms with van der Waals surface area (Å²) in [5, 5.41) is 3.88. The van der Waals surface area contributed by atoms with Gasteiger partial charge in [0.15, 0.2) is 0 Å². The molecule has 0 heterocycles. The zero-order chi connectivity index (χ0) is 26.7. The Balaban J connectivity index is 1.56. The summed E-state index contributed by atoms with van der Waals surface area (Å²) in [4.78, 5) is 30.1. The molecule has 0 saturated heterocycles. The highest BCUT2D eigenvalue weighted by molar-refractivity contribution is 7.99. The zero-order valence-corrected chi connectivity index (χ0v) is 23.0. The largest absolute Gasteiger partial charge is 0.352 e. The van der Waals surface area contributed by atoms with E-state index >= 15 is 0 Å². The van der Waals surface area contributed by atoms with Crippen molar-refractivity contribution in [3.8, 4) is 0 Å². The van der Waals surface area contributed by atoms with Gasteiger partial charge in [0.25, 0.3) is 0 Å². The van der Waals surface area contributed by atoms with Crippen LogP contribution in [0.3, 0.4) is 0 Å². The van der Waals surface area contributed by atoms with Crippen molar-refractivity contribution in [1.29, 1.82) is 0 Å². The third-order valence-corrected chi connectivity index (χ3v) is 8.19. The first-order valence-corrected chi connectivity index (χ1v) is 14.6. The van der Waals surface area contributed by atoms with Crippen molar-refractivity contribution in [2.45, 2.75) is 68.5 Å². The molecule has 7 heteroatoms. The highest BCUT2D eigenvalue weighted by Crippen LogP contribution is 2.24. The van der Waals surface area contributed by atoms with Crippen LogP contribution in [0.1, 0.15) is 49.7 Å². The molecular formula is C31H34ClFN2O2S. The van der Waals surface area contributed by atoms with Gasteiger partial charge in [-0.25, -0.2) is 4.39 Å². The molecule has 0 aliphatic heterocycles. The first kappa shape index (κ1) is 28.2. The number of carbonyl (C=O) groups is 2. The molecule has 1 atom stereocenters. The molecular weight excluding hydrogens is 519 g/mol. The third kappa shape index (κ3) is 8.34. The summed E-state index contributed by atoms with van der Waals surface area (Å²) < 4.78 is 14.7. The summed E-state index contributed by atoms with van der Waals surface area (Å²) in [5.41, 5.74) is 1.35. The Hall–Kier alpha value is -2.83. The molecule has 0 radical (unpaired) electrons. The quantitative estimate of drug-likeness (QED) is 0.259. The summed E-state index contributed by atoms with van der Waals surface area (Å²) in [6.07, 6.45) is 5.85. The highest BCUT2D eigenvalue weighted by Gasteiger charge is 2.32. The lowest BCUT2D eigenvalue weighted by atomic mass is 9.94. The van der Waals surface area contributed by atoms with Crippen LogP contribution in [0.4, 0.5) is 4.39 Å². The van der Waals surface area contributed by atoms with E-state index in [-0.39, 0.29) is 36.6 Å². The molecule has 200 valence electrons. The van der Waals surface area contributed by atoms with Crippen LogP contribution in [0, 0.1) is 5.82 Å². The van der Waals surface area contributed by atoms with E-state index in [2.05, 4.69) is 5.32 Å². The van der Waals surface area contributed by atoms with Gasteiger partial charge in [-0.2, -0.15) is 0 Å². The normalized spacial score (nSPS) is 14.6. The van der Waals surface area contributed by atoms with Gasteiger partial charge in [0.1, 0.15) is 11.9 Å². The average Bonchev–Trinajstić information content (AvgIpc) is 2.93. The molecule has 4 nitrogen and oxygen atoms in total. The predicted molar refractivity (Wildman–Crippen MR) is 153 cm³/mol. The Morgan fingerprint density at radius 3 is 2.34 bits per heavy atom. The van der Waals surface area contributed by atoms with Gasteiger partial charge in [-0.15, -0.1) is 11.8 Å². The number of nitrogens with zero attached hydrogens (tertiary/aromatic N) is 1. The summed E-state index contributed by atoms with van der Waals surface area (Å²) in [7, 11) is 0. The highest BCUT2D eigenvalue weighted by atomic mass is 35.5. The van der Waals surface area contributed by atoms with Crippen LogP contribution in [-0.4, -0.2) is 34.6 Å². The summed E-state index contributed by atoms with van der Waals surface area (Å²) in [6.45, 7) is 0.0344. The molecule has 3 aromatic rings. The van der Waals surface area contributed by atoms with Crippen LogP contribution in [0.25, 0.3) is 0 Å². The fourth-order valence-electron chi connectivity index (χ4n) is 4.84. The maximum atomic E-state index is 14.7. The van der Waals surface area contributed by atoms with Crippen LogP contribution < -0.4 is 5.32 Å². The van der Waals surface area contributed by atoms with E-state index in [1.54, 1.807) is 34.9 Å². The minimum atomic E-state index is -0.744. The summed E-state index contributed by atoms with van der Waals surface area (Å²) >= 11 is 7.55. The van der Waals surface area contributed by atoms with Crippen LogP contribution in [0.5, 0.6) is 0 Å². The maximum Gasteiger partial charge on any atom is 0.243 e. The van der Waals surface area contributed by atoms with Crippen molar-refractivity contribution in [2.75, 3.05) is 5.75 Å². The van der Waals surface area contributed by atoms with Gasteiger partial charge in [-0.1, -0.05) is 79.4 Å². The number of carbonyl (C=O) groups excluding carboxylic acids is 2. The SMILES string of the molecule is O=C(NC1CCCCC1)C(Cc1ccccc1)N(Cc1ccccc1F)C(=O)CCSc1ccc(Cl)cc1. The number of benzene rings is 3. The second-order valence-electron chi connectivity index (χ2n) is 9.71. The number of halogens is 2. The molecule has 1 aliphatic carbocycles. The lowest BCUT2D eigenvalue weighted by molar-refractivity contribution is -0.141. The van der Waals surface area contributed by atoms with Gasteiger partial charge in [-0.3, -0.25) is 9.59 Å². The average molecular weight is 553 g/mol. The molecule has 2 amide bonds. The first-order chi connectivity index (χ1) is 18.5. The van der Waals surface area contributed by atoms with Crippen LogP contribution in [0.2, 0.25) is 5.02 Å². The van der Waals surface area contributed by atoms with Crippen molar-refractivity contribution < 1.29 is 14.0 Å². The number of hydrogen-bond acceptors (Lipinski definition) is 3. The van der Waals surface area contributed by atoms with E-state index in [0.29, 0.717) is 22.8 Å². The number of amides is 2. The minimum absolute atomic E-state index is 0.0344. The molecule has 1 N–H and O–H groups in total. The lowest BCUT2D eigenvalue weighted by Crippen LogP contribution is -2.53. The van der Waals surface area contributed by atoms with Crippen LogP contribution >= 0.6 is 23.4 Å². The predicted octanol–water partition coefficient (Wildman–Crippen LogP) is 7.05. The molecule has 0 bridgehead atoms. The van der Waals surface area contributed by atoms with Crippen molar-refractivity contribution in [2.24, 2.45) is 0 Å². The molecule has 1 saturated carbocycles. The molecule has 4 rings (SSSR count). The smallest absolute Gasteiger partial charge is 0.243 e. The van der Waals surface area contributed by atoms with Crippen LogP contribution in [0.15, 0.2) is 83.8 Å². The van der Waals surface area contributed by atoms with Crippen molar-refractivity contribution in [3.63, 3.8) is 0 Å². The Kier molecular flexibility index (Phi) is 10.6.